The minimum Gasteiger partial charge on any atom is -0.490 e. The molecule has 0 spiro atoms. The number of carbonyl (C=O) groups is 1. The Labute approximate surface area is 164 Å². The number of anilines is 1. The monoisotopic (exact) mass is 402 g/mol. The molecule has 3 heterocycles. The van der Waals surface area contributed by atoms with Crippen LogP contribution in [0.25, 0.3) is 11.3 Å². The van der Waals surface area contributed by atoms with E-state index in [2.05, 4.69) is 27.6 Å². The minimum atomic E-state index is -0.369. The van der Waals surface area contributed by atoms with Gasteiger partial charge < -0.3 is 9.26 Å². The van der Waals surface area contributed by atoms with Crippen molar-refractivity contribution in [1.29, 1.82) is 0 Å². The molecule has 0 saturated carbocycles. The molecule has 1 aromatic carbocycles. The summed E-state index contributed by atoms with van der Waals surface area (Å²) in [6.45, 7) is 4.14. The zero-order valence-corrected chi connectivity index (χ0v) is 16.5. The van der Waals surface area contributed by atoms with Crippen molar-refractivity contribution >= 4 is 34.1 Å². The van der Waals surface area contributed by atoms with Crippen molar-refractivity contribution < 1.29 is 14.1 Å². The first kappa shape index (κ1) is 18.0. The van der Waals surface area contributed by atoms with E-state index in [0.29, 0.717) is 10.9 Å². The number of hydrogen-bond donors (Lipinski definition) is 1. The quantitative estimate of drug-likeness (QED) is 0.486. The number of hydrogen-bond acceptors (Lipinski definition) is 8. The van der Waals surface area contributed by atoms with Gasteiger partial charge in [-0.3, -0.25) is 10.1 Å². The molecule has 1 amide bonds. The maximum atomic E-state index is 12.4. The van der Waals surface area contributed by atoms with Gasteiger partial charge in [0.1, 0.15) is 11.9 Å². The highest BCUT2D eigenvalue weighted by atomic mass is 32.2. The predicted molar refractivity (Wildman–Crippen MR) is 105 cm³/mol. The second-order valence-corrected chi connectivity index (χ2v) is 8.53. The average molecular weight is 403 g/mol. The van der Waals surface area contributed by atoms with E-state index in [0.717, 1.165) is 39.8 Å². The van der Waals surface area contributed by atoms with Crippen LogP contribution in [0, 0.1) is 0 Å². The van der Waals surface area contributed by atoms with Gasteiger partial charge in [0, 0.05) is 23.8 Å². The molecule has 1 aliphatic heterocycles. The van der Waals surface area contributed by atoms with E-state index < -0.39 is 0 Å². The van der Waals surface area contributed by atoms with Crippen LogP contribution in [0.15, 0.2) is 33.1 Å². The number of fused-ring (bicyclic) bond motifs is 1. The number of carbonyl (C=O) groups excluding carboxylic acids is 1. The summed E-state index contributed by atoms with van der Waals surface area (Å²) >= 11 is 2.97. The Morgan fingerprint density at radius 2 is 2.26 bits per heavy atom. The molecule has 0 fully saturated rings. The van der Waals surface area contributed by atoms with Gasteiger partial charge in [-0.25, -0.2) is 0 Å². The van der Waals surface area contributed by atoms with Crippen LogP contribution >= 0.6 is 23.1 Å². The Morgan fingerprint density at radius 1 is 1.37 bits per heavy atom. The Kier molecular flexibility index (Phi) is 5.13. The first-order valence-electron chi connectivity index (χ1n) is 8.66. The van der Waals surface area contributed by atoms with Gasteiger partial charge in [-0.2, -0.15) is 0 Å². The van der Waals surface area contributed by atoms with Crippen LogP contribution in [0.1, 0.15) is 36.3 Å². The molecule has 1 N–H and O–H groups in total. The largest absolute Gasteiger partial charge is 0.490 e. The molecule has 7 nitrogen and oxygen atoms in total. The molecule has 0 bridgehead atoms. The van der Waals surface area contributed by atoms with Crippen molar-refractivity contribution in [3.8, 4) is 17.1 Å². The van der Waals surface area contributed by atoms with Crippen LogP contribution in [-0.4, -0.2) is 33.1 Å². The number of benzene rings is 1. The Morgan fingerprint density at radius 3 is 3.11 bits per heavy atom. The summed E-state index contributed by atoms with van der Waals surface area (Å²) in [6.07, 6.45) is 2.10. The van der Waals surface area contributed by atoms with Crippen molar-refractivity contribution in [2.75, 3.05) is 11.1 Å². The Bertz CT molecular complexity index is 969. The van der Waals surface area contributed by atoms with Gasteiger partial charge in [-0.1, -0.05) is 35.2 Å². The van der Waals surface area contributed by atoms with E-state index >= 15 is 0 Å². The molecule has 2 aromatic heterocycles. The summed E-state index contributed by atoms with van der Waals surface area (Å²) in [5, 5.41) is 15.1. The van der Waals surface area contributed by atoms with Crippen LogP contribution in [0.3, 0.4) is 0 Å². The third-order valence-electron chi connectivity index (χ3n) is 3.98. The first-order chi connectivity index (χ1) is 13.1. The highest BCUT2D eigenvalue weighted by molar-refractivity contribution is 8.01. The standard InChI is InChI=1S/C18H18N4O3S2/c1-3-6-26-18-21-20-17(27-18)19-16(23)13-9-15(25-22-13)11-4-5-14-12(8-11)7-10(2)24-14/h4-5,8-10H,3,6-7H2,1-2H3,(H,19,20,23)/t10-/m1/s1. The third kappa shape index (κ3) is 3.98. The minimum absolute atomic E-state index is 0.179. The molecule has 1 atom stereocenters. The van der Waals surface area contributed by atoms with Gasteiger partial charge >= 0.3 is 0 Å². The van der Waals surface area contributed by atoms with E-state index in [1.54, 1.807) is 17.8 Å². The molecular formula is C18H18N4O3S2. The number of ether oxygens (including phenoxy) is 1. The molecule has 3 aromatic rings. The fourth-order valence-electron chi connectivity index (χ4n) is 2.76. The van der Waals surface area contributed by atoms with Crippen molar-refractivity contribution in [2.24, 2.45) is 0 Å². The van der Waals surface area contributed by atoms with E-state index in [4.69, 9.17) is 9.26 Å². The van der Waals surface area contributed by atoms with Gasteiger partial charge in [0.2, 0.25) is 5.13 Å². The molecule has 4 rings (SSSR count). The van der Waals surface area contributed by atoms with Crippen molar-refractivity contribution in [3.05, 3.63) is 35.5 Å². The summed E-state index contributed by atoms with van der Waals surface area (Å²) in [5.41, 5.74) is 2.20. The van der Waals surface area contributed by atoms with E-state index in [1.807, 2.05) is 25.1 Å². The molecule has 140 valence electrons. The number of nitrogens with zero attached hydrogens (tertiary/aromatic N) is 3. The number of aromatic nitrogens is 3. The predicted octanol–water partition coefficient (Wildman–Crippen LogP) is 4.27. The molecule has 0 saturated heterocycles. The van der Waals surface area contributed by atoms with E-state index in [9.17, 15) is 4.79 Å². The smallest absolute Gasteiger partial charge is 0.279 e. The van der Waals surface area contributed by atoms with Crippen LogP contribution in [0.2, 0.25) is 0 Å². The lowest BCUT2D eigenvalue weighted by Crippen LogP contribution is -2.11. The van der Waals surface area contributed by atoms with E-state index in [1.165, 1.54) is 11.3 Å². The fourth-order valence-corrected chi connectivity index (χ4v) is 4.43. The highest BCUT2D eigenvalue weighted by Gasteiger charge is 2.21. The number of thioether (sulfide) groups is 1. The van der Waals surface area contributed by atoms with Crippen LogP contribution < -0.4 is 10.1 Å². The number of amides is 1. The average Bonchev–Trinajstić information content (AvgIpc) is 3.38. The maximum absolute atomic E-state index is 12.4. The molecular weight excluding hydrogens is 384 g/mol. The lowest BCUT2D eigenvalue weighted by Gasteiger charge is -2.02. The normalized spacial score (nSPS) is 15.4. The van der Waals surface area contributed by atoms with Gasteiger partial charge in [0.15, 0.2) is 15.8 Å². The summed E-state index contributed by atoms with van der Waals surface area (Å²) in [5.74, 6) is 2.04. The Balaban J connectivity index is 1.45. The summed E-state index contributed by atoms with van der Waals surface area (Å²) in [7, 11) is 0. The summed E-state index contributed by atoms with van der Waals surface area (Å²) in [6, 6.07) is 7.47. The molecule has 0 aliphatic carbocycles. The topological polar surface area (TPSA) is 90.1 Å². The molecule has 0 radical (unpaired) electrons. The lowest BCUT2D eigenvalue weighted by atomic mass is 10.1. The van der Waals surface area contributed by atoms with Crippen molar-refractivity contribution in [2.45, 2.75) is 37.1 Å². The van der Waals surface area contributed by atoms with Gasteiger partial charge in [0.05, 0.1) is 0 Å². The zero-order chi connectivity index (χ0) is 18.8. The second kappa shape index (κ2) is 7.69. The third-order valence-corrected chi connectivity index (χ3v) is 6.16. The number of rotatable bonds is 6. The van der Waals surface area contributed by atoms with Gasteiger partial charge in [-0.05, 0) is 37.1 Å². The van der Waals surface area contributed by atoms with Crippen LogP contribution in [-0.2, 0) is 6.42 Å². The fraction of sp³-hybridized carbons (Fsp3) is 0.333. The lowest BCUT2D eigenvalue weighted by molar-refractivity contribution is 0.101. The van der Waals surface area contributed by atoms with Crippen molar-refractivity contribution in [3.63, 3.8) is 0 Å². The van der Waals surface area contributed by atoms with Crippen molar-refractivity contribution in [1.82, 2.24) is 15.4 Å². The SMILES string of the molecule is CCCSc1nnc(NC(=O)c2cc(-c3ccc4c(c3)C[C@@H](C)O4)on2)s1. The van der Waals surface area contributed by atoms with Crippen LogP contribution in [0.5, 0.6) is 5.75 Å². The molecule has 0 unspecified atom stereocenters. The zero-order valence-electron chi connectivity index (χ0n) is 14.9. The van der Waals surface area contributed by atoms with Gasteiger partial charge in [0.25, 0.3) is 5.91 Å². The van der Waals surface area contributed by atoms with E-state index in [-0.39, 0.29) is 17.7 Å². The van der Waals surface area contributed by atoms with Crippen LogP contribution in [0.4, 0.5) is 5.13 Å². The molecule has 9 heteroatoms. The highest BCUT2D eigenvalue weighted by Crippen LogP contribution is 2.33. The second-order valence-electron chi connectivity index (χ2n) is 6.21. The van der Waals surface area contributed by atoms with Gasteiger partial charge in [-0.15, -0.1) is 10.2 Å². The Hall–Kier alpha value is -2.39. The first-order valence-corrected chi connectivity index (χ1v) is 10.5. The maximum Gasteiger partial charge on any atom is 0.279 e. The summed E-state index contributed by atoms with van der Waals surface area (Å²) < 4.78 is 11.9. The molecule has 1 aliphatic rings. The molecule has 27 heavy (non-hydrogen) atoms. The summed E-state index contributed by atoms with van der Waals surface area (Å²) in [4.78, 5) is 12.4. The number of nitrogens with one attached hydrogen (secondary N) is 1.